The van der Waals surface area contributed by atoms with Crippen molar-refractivity contribution in [3.05, 3.63) is 71.8 Å². The molecule has 0 heterocycles. The largest absolute Gasteiger partial charge is 0.386 e. The van der Waals surface area contributed by atoms with E-state index in [1.807, 2.05) is 60.7 Å². The molecule has 0 unspecified atom stereocenters. The van der Waals surface area contributed by atoms with Crippen molar-refractivity contribution in [3.63, 3.8) is 0 Å². The fourth-order valence-electron chi connectivity index (χ4n) is 3.54. The number of aliphatic hydroxyl groups is 1. The molecule has 4 nitrogen and oxygen atoms in total. The van der Waals surface area contributed by atoms with E-state index in [0.29, 0.717) is 5.11 Å². The Bertz CT molecular complexity index is 695. The van der Waals surface area contributed by atoms with Gasteiger partial charge < -0.3 is 21.5 Å². The molecule has 0 saturated heterocycles. The Morgan fingerprint density at radius 2 is 1.54 bits per heavy atom. The summed E-state index contributed by atoms with van der Waals surface area (Å²) in [5.41, 5.74) is 8.06. The summed E-state index contributed by atoms with van der Waals surface area (Å²) in [5, 5.41) is 18.2. The Kier molecular flexibility index (Phi) is 6.61. The molecule has 2 aromatic rings. The Balaban J connectivity index is 1.74. The van der Waals surface area contributed by atoms with Crippen LogP contribution in [0.1, 0.15) is 49.0 Å². The van der Waals surface area contributed by atoms with Crippen LogP contribution >= 0.6 is 12.2 Å². The van der Waals surface area contributed by atoms with Crippen molar-refractivity contribution in [2.75, 3.05) is 0 Å². The summed E-state index contributed by atoms with van der Waals surface area (Å²) in [6.07, 6.45) is 3.69. The highest BCUT2D eigenvalue weighted by Gasteiger charge is 2.26. The number of nitrogens with two attached hydrogens (primary N) is 1. The van der Waals surface area contributed by atoms with Gasteiger partial charge in [-0.1, -0.05) is 73.5 Å². The molecule has 3 rings (SSSR count). The molecule has 0 aromatic heterocycles. The minimum atomic E-state index is -0.710. The summed E-state index contributed by atoms with van der Waals surface area (Å²) in [6, 6.07) is 19.5. The number of hydrogen-bond acceptors (Lipinski definition) is 3. The van der Waals surface area contributed by atoms with Crippen molar-refractivity contribution in [3.8, 4) is 0 Å². The molecule has 1 aliphatic rings. The van der Waals surface area contributed by atoms with Crippen molar-refractivity contribution in [1.29, 1.82) is 0 Å². The second kappa shape index (κ2) is 9.12. The lowest BCUT2D eigenvalue weighted by molar-refractivity contribution is 0.137. The number of aliphatic hydroxyl groups excluding tert-OH is 1. The molecule has 0 radical (unpaired) electrons. The van der Waals surface area contributed by atoms with E-state index in [4.69, 9.17) is 18.0 Å². The summed E-state index contributed by atoms with van der Waals surface area (Å²) in [6.45, 7) is 0. The Morgan fingerprint density at radius 3 is 2.15 bits per heavy atom. The van der Waals surface area contributed by atoms with Crippen molar-refractivity contribution in [2.45, 2.75) is 49.9 Å². The van der Waals surface area contributed by atoms with Gasteiger partial charge >= 0.3 is 0 Å². The molecule has 5 N–H and O–H groups in total. The molecule has 4 atom stereocenters. The van der Waals surface area contributed by atoms with E-state index in [-0.39, 0.29) is 18.1 Å². The van der Waals surface area contributed by atoms with Crippen LogP contribution in [0.4, 0.5) is 0 Å². The van der Waals surface area contributed by atoms with Crippen LogP contribution in [-0.4, -0.2) is 22.3 Å². The molecule has 5 heteroatoms. The summed E-state index contributed by atoms with van der Waals surface area (Å²) < 4.78 is 0. The maximum absolute atomic E-state index is 11.0. The van der Waals surface area contributed by atoms with Crippen molar-refractivity contribution in [1.82, 2.24) is 10.6 Å². The average Bonchev–Trinajstić information content (AvgIpc) is 2.69. The summed E-state index contributed by atoms with van der Waals surface area (Å²) in [7, 11) is 0. The van der Waals surface area contributed by atoms with Gasteiger partial charge in [-0.05, 0) is 36.2 Å². The van der Waals surface area contributed by atoms with E-state index in [1.165, 1.54) is 12.8 Å². The molecular weight excluding hydrogens is 342 g/mol. The van der Waals surface area contributed by atoms with Crippen LogP contribution in [0.2, 0.25) is 0 Å². The molecule has 2 aromatic carbocycles. The lowest BCUT2D eigenvalue weighted by Crippen LogP contribution is -2.52. The standard InChI is InChI=1S/C21H27N3OS/c22-17-13-7-8-14-18(17)23-21(26)24-19(15-9-3-1-4-10-15)20(25)16-11-5-2-6-12-16/h1-6,9-12,17-20,25H,7-8,13-14,22H2,(H2,23,24,26)/t17-,18-,19-,20+/m0/s1. The van der Waals surface area contributed by atoms with Crippen molar-refractivity contribution < 1.29 is 5.11 Å². The first-order valence-electron chi connectivity index (χ1n) is 9.25. The first kappa shape index (κ1) is 18.8. The molecule has 26 heavy (non-hydrogen) atoms. The van der Waals surface area contributed by atoms with Gasteiger partial charge in [-0.2, -0.15) is 0 Å². The van der Waals surface area contributed by atoms with E-state index >= 15 is 0 Å². The highest BCUT2D eigenvalue weighted by Crippen LogP contribution is 2.28. The number of hydrogen-bond donors (Lipinski definition) is 4. The van der Waals surface area contributed by atoms with Crippen LogP contribution in [0.3, 0.4) is 0 Å². The van der Waals surface area contributed by atoms with E-state index in [2.05, 4.69) is 10.6 Å². The van der Waals surface area contributed by atoms with E-state index in [0.717, 1.165) is 24.0 Å². The molecule has 1 fully saturated rings. The topological polar surface area (TPSA) is 70.3 Å². The van der Waals surface area contributed by atoms with Crippen LogP contribution in [0.5, 0.6) is 0 Å². The van der Waals surface area contributed by atoms with Gasteiger partial charge in [-0.15, -0.1) is 0 Å². The average molecular weight is 370 g/mol. The Morgan fingerprint density at radius 1 is 0.962 bits per heavy atom. The number of benzene rings is 2. The third kappa shape index (κ3) is 4.81. The fourth-order valence-corrected chi connectivity index (χ4v) is 3.82. The summed E-state index contributed by atoms with van der Waals surface area (Å²) >= 11 is 5.54. The molecule has 0 bridgehead atoms. The highest BCUT2D eigenvalue weighted by molar-refractivity contribution is 7.80. The molecule has 1 saturated carbocycles. The van der Waals surface area contributed by atoms with Gasteiger partial charge in [-0.3, -0.25) is 0 Å². The highest BCUT2D eigenvalue weighted by atomic mass is 32.1. The smallest absolute Gasteiger partial charge is 0.167 e. The maximum atomic E-state index is 11.0. The number of rotatable bonds is 5. The summed E-state index contributed by atoms with van der Waals surface area (Å²) in [4.78, 5) is 0. The lowest BCUT2D eigenvalue weighted by atomic mass is 9.91. The Hall–Kier alpha value is -1.95. The molecule has 0 spiro atoms. The first-order valence-corrected chi connectivity index (χ1v) is 9.66. The van der Waals surface area contributed by atoms with Gasteiger partial charge in [0, 0.05) is 12.1 Å². The minimum absolute atomic E-state index is 0.123. The molecule has 0 aliphatic heterocycles. The zero-order chi connectivity index (χ0) is 18.4. The number of thiocarbonyl (C=S) groups is 1. The van der Waals surface area contributed by atoms with Gasteiger partial charge in [0.2, 0.25) is 0 Å². The predicted molar refractivity (Wildman–Crippen MR) is 110 cm³/mol. The quantitative estimate of drug-likeness (QED) is 0.610. The third-order valence-corrected chi connectivity index (χ3v) is 5.27. The SMILES string of the molecule is N[C@H]1CCCC[C@@H]1NC(=S)N[C@@H](c1ccccc1)[C@H](O)c1ccccc1. The number of nitrogens with one attached hydrogen (secondary N) is 2. The second-order valence-electron chi connectivity index (χ2n) is 6.92. The maximum Gasteiger partial charge on any atom is 0.167 e. The molecule has 138 valence electrons. The van der Waals surface area contributed by atoms with Crippen LogP contribution in [0.25, 0.3) is 0 Å². The van der Waals surface area contributed by atoms with Gasteiger partial charge in [0.05, 0.1) is 6.04 Å². The van der Waals surface area contributed by atoms with Crippen LogP contribution in [0, 0.1) is 0 Å². The molecular formula is C21H27N3OS. The second-order valence-corrected chi connectivity index (χ2v) is 7.32. The van der Waals surface area contributed by atoms with E-state index in [9.17, 15) is 5.11 Å². The van der Waals surface area contributed by atoms with Gasteiger partial charge in [0.15, 0.2) is 5.11 Å². The van der Waals surface area contributed by atoms with Crippen molar-refractivity contribution in [2.24, 2.45) is 5.73 Å². The monoisotopic (exact) mass is 369 g/mol. The zero-order valence-corrected chi connectivity index (χ0v) is 15.7. The van der Waals surface area contributed by atoms with Gasteiger partial charge in [0.1, 0.15) is 6.10 Å². The fraction of sp³-hybridized carbons (Fsp3) is 0.381. The predicted octanol–water partition coefficient (Wildman–Crippen LogP) is 3.20. The van der Waals surface area contributed by atoms with Crippen molar-refractivity contribution >= 4 is 17.3 Å². The summed E-state index contributed by atoms with van der Waals surface area (Å²) in [5.74, 6) is 0. The van der Waals surface area contributed by atoms with E-state index < -0.39 is 6.10 Å². The van der Waals surface area contributed by atoms with Gasteiger partial charge in [0.25, 0.3) is 0 Å². The molecule has 0 amide bonds. The van der Waals surface area contributed by atoms with Crippen LogP contribution in [-0.2, 0) is 0 Å². The van der Waals surface area contributed by atoms with Gasteiger partial charge in [-0.25, -0.2) is 0 Å². The zero-order valence-electron chi connectivity index (χ0n) is 14.8. The lowest BCUT2D eigenvalue weighted by Gasteiger charge is -2.32. The molecule has 1 aliphatic carbocycles. The first-order chi connectivity index (χ1) is 12.6. The van der Waals surface area contributed by atoms with Crippen LogP contribution < -0.4 is 16.4 Å². The minimum Gasteiger partial charge on any atom is -0.386 e. The van der Waals surface area contributed by atoms with Crippen LogP contribution in [0.15, 0.2) is 60.7 Å². The normalized spacial score (nSPS) is 22.2. The van der Waals surface area contributed by atoms with E-state index in [1.54, 1.807) is 0 Å². The Labute approximate surface area is 160 Å². The third-order valence-electron chi connectivity index (χ3n) is 5.04.